The van der Waals surface area contributed by atoms with E-state index < -0.39 is 28.5 Å². The van der Waals surface area contributed by atoms with Gasteiger partial charge < -0.3 is 19.7 Å². The Morgan fingerprint density at radius 3 is 2.20 bits per heavy atom. The number of sulfonamides is 1. The molecular weight excluding hydrogens is 542 g/mol. The monoisotopic (exact) mass is 581 g/mol. The maximum atomic E-state index is 14.0. The van der Waals surface area contributed by atoms with Gasteiger partial charge in [0, 0.05) is 19.2 Å². The van der Waals surface area contributed by atoms with E-state index in [2.05, 4.69) is 5.32 Å². The summed E-state index contributed by atoms with van der Waals surface area (Å²) in [7, 11) is -1.26. The zero-order valence-electron chi connectivity index (χ0n) is 24.3. The molecule has 0 aliphatic rings. The summed E-state index contributed by atoms with van der Waals surface area (Å²) in [5, 5.41) is 2.88. The number of aryl methyl sites for hydroxylation is 1. The molecule has 0 unspecified atom stereocenters. The number of unbranched alkanes of at least 4 members (excludes halogenated alkanes) is 1. The van der Waals surface area contributed by atoms with Gasteiger partial charge >= 0.3 is 0 Å². The third-order valence-electron chi connectivity index (χ3n) is 6.74. The van der Waals surface area contributed by atoms with Gasteiger partial charge in [-0.15, -0.1) is 0 Å². The van der Waals surface area contributed by atoms with Crippen molar-refractivity contribution in [1.82, 2.24) is 10.2 Å². The topological polar surface area (TPSA) is 105 Å². The zero-order chi connectivity index (χ0) is 30.0. The van der Waals surface area contributed by atoms with E-state index >= 15 is 0 Å². The molecule has 220 valence electrons. The zero-order valence-corrected chi connectivity index (χ0v) is 25.1. The van der Waals surface area contributed by atoms with Crippen LogP contribution in [0.3, 0.4) is 0 Å². The number of nitrogens with zero attached hydrogens (tertiary/aromatic N) is 2. The Hall–Kier alpha value is -4.05. The number of benzene rings is 3. The van der Waals surface area contributed by atoms with Crippen molar-refractivity contribution in [3.05, 3.63) is 83.9 Å². The first-order valence-corrected chi connectivity index (χ1v) is 15.0. The van der Waals surface area contributed by atoms with Crippen LogP contribution in [0.2, 0.25) is 0 Å². The first-order valence-electron chi connectivity index (χ1n) is 13.5. The molecule has 0 radical (unpaired) electrons. The van der Waals surface area contributed by atoms with Crippen LogP contribution < -0.4 is 19.1 Å². The fraction of sp³-hybridized carbons (Fsp3) is 0.355. The van der Waals surface area contributed by atoms with Crippen LogP contribution in [0.1, 0.15) is 37.8 Å². The van der Waals surface area contributed by atoms with Gasteiger partial charge in [0.2, 0.25) is 11.8 Å². The van der Waals surface area contributed by atoms with Crippen molar-refractivity contribution < 1.29 is 27.5 Å². The van der Waals surface area contributed by atoms with E-state index in [4.69, 9.17) is 9.47 Å². The van der Waals surface area contributed by atoms with Crippen LogP contribution in [0.25, 0.3) is 0 Å². The minimum absolute atomic E-state index is 0.0330. The van der Waals surface area contributed by atoms with Gasteiger partial charge in [0.15, 0.2) is 11.5 Å². The fourth-order valence-corrected chi connectivity index (χ4v) is 5.65. The molecule has 3 aromatic rings. The Morgan fingerprint density at radius 2 is 1.59 bits per heavy atom. The lowest BCUT2D eigenvalue weighted by Crippen LogP contribution is -2.51. The average molecular weight is 582 g/mol. The lowest BCUT2D eigenvalue weighted by molar-refractivity contribution is -0.139. The van der Waals surface area contributed by atoms with Crippen molar-refractivity contribution in [2.24, 2.45) is 0 Å². The molecule has 0 aliphatic carbocycles. The summed E-state index contributed by atoms with van der Waals surface area (Å²) in [5.41, 5.74) is 1.93. The quantitative estimate of drug-likeness (QED) is 0.280. The largest absolute Gasteiger partial charge is 0.493 e. The third-order valence-corrected chi connectivity index (χ3v) is 8.52. The third kappa shape index (κ3) is 8.00. The van der Waals surface area contributed by atoms with Crippen LogP contribution in [-0.4, -0.2) is 58.5 Å². The molecule has 0 bridgehead atoms. The van der Waals surface area contributed by atoms with E-state index in [1.807, 2.05) is 44.2 Å². The predicted octanol–water partition coefficient (Wildman–Crippen LogP) is 4.54. The molecule has 10 heteroatoms. The van der Waals surface area contributed by atoms with E-state index in [1.54, 1.807) is 31.2 Å². The summed E-state index contributed by atoms with van der Waals surface area (Å²) in [4.78, 5) is 28.5. The summed E-state index contributed by atoms with van der Waals surface area (Å²) in [6.07, 6.45) is 1.73. The second kappa shape index (κ2) is 14.5. The lowest BCUT2D eigenvalue weighted by atomic mass is 10.1. The molecule has 0 spiro atoms. The number of methoxy groups -OCH3 is 2. The summed E-state index contributed by atoms with van der Waals surface area (Å²) in [5.74, 6) is -0.107. The first-order chi connectivity index (χ1) is 19.6. The second-order valence-electron chi connectivity index (χ2n) is 9.69. The van der Waals surface area contributed by atoms with Crippen LogP contribution in [0.5, 0.6) is 11.5 Å². The first kappa shape index (κ1) is 31.5. The molecule has 41 heavy (non-hydrogen) atoms. The Kier molecular flexibility index (Phi) is 11.2. The molecule has 1 atom stereocenters. The number of carbonyl (C=O) groups is 2. The second-order valence-corrected chi connectivity index (χ2v) is 11.6. The highest BCUT2D eigenvalue weighted by atomic mass is 32.2. The molecule has 0 heterocycles. The van der Waals surface area contributed by atoms with E-state index in [0.717, 1.165) is 28.3 Å². The molecular formula is C31H39N3O6S. The molecule has 0 aromatic heterocycles. The standard InChI is InChI=1S/C31H39N3O6S/c1-6-7-19-32-31(36)24(3)33(21-25-11-9-8-10-12-25)30(35)22-34(26-15-18-28(39-4)29(20-26)40-5)41(37,38)27-16-13-23(2)14-17-27/h8-18,20,24H,6-7,19,21-22H2,1-5H3,(H,32,36)/t24-/m0/s1. The van der Waals surface area contributed by atoms with E-state index in [-0.39, 0.29) is 23.0 Å². The van der Waals surface area contributed by atoms with Crippen molar-refractivity contribution >= 4 is 27.5 Å². The summed E-state index contributed by atoms with van der Waals surface area (Å²) < 4.78 is 39.8. The molecule has 9 nitrogen and oxygen atoms in total. The van der Waals surface area contributed by atoms with Crippen LogP contribution in [0.15, 0.2) is 77.7 Å². The number of amides is 2. The lowest BCUT2D eigenvalue weighted by Gasteiger charge is -2.32. The fourth-order valence-electron chi connectivity index (χ4n) is 4.25. The Bertz CT molecular complexity index is 1410. The predicted molar refractivity (Wildman–Crippen MR) is 160 cm³/mol. The van der Waals surface area contributed by atoms with Crippen LogP contribution >= 0.6 is 0 Å². The molecule has 3 aromatic carbocycles. The number of anilines is 1. The number of hydrogen-bond donors (Lipinski definition) is 1. The van der Waals surface area contributed by atoms with Gasteiger partial charge in [-0.25, -0.2) is 8.42 Å². The highest BCUT2D eigenvalue weighted by molar-refractivity contribution is 7.92. The smallest absolute Gasteiger partial charge is 0.264 e. The molecule has 0 saturated heterocycles. The van der Waals surface area contributed by atoms with Gasteiger partial charge in [-0.05, 0) is 50.1 Å². The number of hydrogen-bond acceptors (Lipinski definition) is 6. The molecule has 0 aliphatic heterocycles. The maximum Gasteiger partial charge on any atom is 0.264 e. The van der Waals surface area contributed by atoms with Gasteiger partial charge in [0.25, 0.3) is 10.0 Å². The highest BCUT2D eigenvalue weighted by Crippen LogP contribution is 2.34. The molecule has 0 fully saturated rings. The molecule has 1 N–H and O–H groups in total. The SMILES string of the molecule is CCCCNC(=O)[C@H](C)N(Cc1ccccc1)C(=O)CN(c1ccc(OC)c(OC)c1)S(=O)(=O)c1ccc(C)cc1. The van der Waals surface area contributed by atoms with Crippen LogP contribution in [0.4, 0.5) is 5.69 Å². The number of ether oxygens (including phenoxy) is 2. The molecule has 0 saturated carbocycles. The van der Waals surface area contributed by atoms with E-state index in [9.17, 15) is 18.0 Å². The number of rotatable bonds is 14. The number of carbonyl (C=O) groups excluding carboxylic acids is 2. The Labute approximate surface area is 243 Å². The van der Waals surface area contributed by atoms with E-state index in [1.165, 1.54) is 37.3 Å². The van der Waals surface area contributed by atoms with Crippen molar-refractivity contribution in [3.8, 4) is 11.5 Å². The normalized spacial score (nSPS) is 11.8. The van der Waals surface area contributed by atoms with Crippen LogP contribution in [0, 0.1) is 6.92 Å². The van der Waals surface area contributed by atoms with E-state index in [0.29, 0.717) is 18.0 Å². The summed E-state index contributed by atoms with van der Waals surface area (Å²) in [6.45, 7) is 5.62. The Morgan fingerprint density at radius 1 is 0.927 bits per heavy atom. The van der Waals surface area contributed by atoms with Crippen molar-refractivity contribution in [2.45, 2.75) is 51.1 Å². The van der Waals surface area contributed by atoms with Crippen molar-refractivity contribution in [1.29, 1.82) is 0 Å². The van der Waals surface area contributed by atoms with Crippen LogP contribution in [-0.2, 0) is 26.2 Å². The van der Waals surface area contributed by atoms with Gasteiger partial charge in [0.05, 0.1) is 24.8 Å². The van der Waals surface area contributed by atoms with Crippen molar-refractivity contribution in [2.75, 3.05) is 31.6 Å². The minimum Gasteiger partial charge on any atom is -0.493 e. The minimum atomic E-state index is -4.19. The van der Waals surface area contributed by atoms with Gasteiger partial charge in [-0.1, -0.05) is 61.4 Å². The van der Waals surface area contributed by atoms with Gasteiger partial charge in [0.1, 0.15) is 12.6 Å². The molecule has 2 amide bonds. The Balaban J connectivity index is 2.05. The summed E-state index contributed by atoms with van der Waals surface area (Å²) >= 11 is 0. The maximum absolute atomic E-state index is 14.0. The highest BCUT2D eigenvalue weighted by Gasteiger charge is 2.33. The number of nitrogens with one attached hydrogen (secondary N) is 1. The van der Waals surface area contributed by atoms with Crippen molar-refractivity contribution in [3.63, 3.8) is 0 Å². The molecule has 3 rings (SSSR count). The average Bonchev–Trinajstić information content (AvgIpc) is 2.98. The van der Waals surface area contributed by atoms with Gasteiger partial charge in [-0.2, -0.15) is 0 Å². The summed E-state index contributed by atoms with van der Waals surface area (Å²) in [6, 6.07) is 19.5. The van der Waals surface area contributed by atoms with Gasteiger partial charge in [-0.3, -0.25) is 13.9 Å².